The van der Waals surface area contributed by atoms with E-state index in [0.717, 1.165) is 81.2 Å². The van der Waals surface area contributed by atoms with E-state index in [1.54, 1.807) is 72.8 Å². The Labute approximate surface area is 576 Å². The highest BCUT2D eigenvalue weighted by Crippen LogP contribution is 2.36. The van der Waals surface area contributed by atoms with E-state index < -0.39 is 11.6 Å². The lowest BCUT2D eigenvalue weighted by atomic mass is 9.90. The molecular weight excluding hydrogens is 1230 g/mol. The number of likely N-dealkylation sites (N-methyl/N-ethyl adjacent to an activating group) is 3. The molecule has 9 rings (SSSR count). The van der Waals surface area contributed by atoms with Crippen molar-refractivity contribution in [3.05, 3.63) is 269 Å². The molecule has 0 heterocycles. The molecule has 6 N–H and O–H groups in total. The van der Waals surface area contributed by atoms with E-state index in [9.17, 15) is 34.1 Å². The molecule has 15 nitrogen and oxygen atoms in total. The van der Waals surface area contributed by atoms with Crippen LogP contribution < -0.4 is 30.2 Å². The van der Waals surface area contributed by atoms with E-state index in [1.165, 1.54) is 12.1 Å². The molecule has 3 amide bonds. The van der Waals surface area contributed by atoms with Gasteiger partial charge in [0.1, 0.15) is 48.6 Å². The number of aryl methyl sites for hydroxylation is 1. The first-order valence-corrected chi connectivity index (χ1v) is 32.8. The van der Waals surface area contributed by atoms with Gasteiger partial charge < -0.3 is 60.2 Å². The van der Waals surface area contributed by atoms with Crippen LogP contribution in [-0.2, 0) is 14.4 Å². The van der Waals surface area contributed by atoms with Gasteiger partial charge in [-0.1, -0.05) is 136 Å². The van der Waals surface area contributed by atoms with Crippen LogP contribution in [0.3, 0.4) is 0 Å². The molecule has 510 valence electrons. The average Bonchev–Trinajstić information content (AvgIpc) is 0.815. The normalized spacial score (nSPS) is 11.8. The molecular formula is C82H91FN6O9. The van der Waals surface area contributed by atoms with Crippen LogP contribution in [0, 0.1) is 12.7 Å². The molecule has 0 aliphatic carbocycles. The number of nitrogens with zero attached hydrogens (tertiary/aromatic N) is 3. The number of hydrogen-bond donors (Lipinski definition) is 6. The number of allylic oxidation sites excluding steroid dienone is 3. The van der Waals surface area contributed by atoms with Crippen molar-refractivity contribution in [2.24, 2.45) is 0 Å². The number of hydrogen-bond acceptors (Lipinski definition) is 12. The van der Waals surface area contributed by atoms with Gasteiger partial charge in [0.15, 0.2) is 11.6 Å². The van der Waals surface area contributed by atoms with Crippen LogP contribution >= 0.6 is 0 Å². The number of rotatable bonds is 27. The number of carbonyl (C=O) groups is 3. The molecule has 0 aliphatic heterocycles. The van der Waals surface area contributed by atoms with E-state index in [4.69, 9.17) is 14.2 Å². The lowest BCUT2D eigenvalue weighted by Gasteiger charge is -2.18. The first-order valence-electron chi connectivity index (χ1n) is 32.8. The number of benzene rings is 9. The summed E-state index contributed by atoms with van der Waals surface area (Å²) >= 11 is 0. The summed E-state index contributed by atoms with van der Waals surface area (Å²) in [5, 5.41) is 38.2. The standard InChI is InChI=1S/C28H32N2O3.C27H29FN2O3.C27H30N2O3/c1-5-25(21-9-7-6-8-10-21)27(26-16-13-23(31)19-20(26)2)28(32)29-22-11-14-24(15-12-22)33-18-17-30(3)4;1-4-23(19-8-6-5-7-9-19)26(20-10-15-25(31)24(28)18-20)27(32)29-21-11-13-22(14-12-21)33-17-16-30(2)3;1-4-25(20-8-6-5-7-9-20)26(21-10-14-23(30)15-11-21)27(31)28-22-12-16-24(17-13-22)32-19-18-29(2)3/h6-16,19,31H,5,17-18H2,1-4H3,(H,29,32);5-15,18,31H,4,16-17H2,1-3H3,(H,29,32);5-17,30H,4,18-19H2,1-3H3,(H,28,31)/b27-25+;26-23+;26-25+. The second-order valence-electron chi connectivity index (χ2n) is 23.8. The third kappa shape index (κ3) is 22.7. The van der Waals surface area contributed by atoms with Crippen molar-refractivity contribution < 1.29 is 48.3 Å². The van der Waals surface area contributed by atoms with Crippen molar-refractivity contribution in [1.29, 1.82) is 0 Å². The number of nitrogens with one attached hydrogen (secondary N) is 3. The smallest absolute Gasteiger partial charge is 0.256 e. The highest BCUT2D eigenvalue weighted by Gasteiger charge is 2.23. The Kier molecular flexibility index (Phi) is 29.0. The number of ether oxygens (including phenoxy) is 3. The topological polar surface area (TPSA) is 185 Å². The third-order valence-electron chi connectivity index (χ3n) is 15.6. The van der Waals surface area contributed by atoms with Crippen LogP contribution in [0.2, 0.25) is 0 Å². The van der Waals surface area contributed by atoms with Crippen LogP contribution in [0.25, 0.3) is 33.4 Å². The van der Waals surface area contributed by atoms with E-state index in [1.807, 2.05) is 214 Å². The number of phenols is 3. The Morgan fingerprint density at radius 2 is 0.704 bits per heavy atom. The Morgan fingerprint density at radius 1 is 0.378 bits per heavy atom. The highest BCUT2D eigenvalue weighted by molar-refractivity contribution is 6.33. The van der Waals surface area contributed by atoms with Crippen LogP contribution in [0.5, 0.6) is 34.5 Å². The van der Waals surface area contributed by atoms with Gasteiger partial charge >= 0.3 is 0 Å². The van der Waals surface area contributed by atoms with Crippen molar-refractivity contribution >= 4 is 68.2 Å². The summed E-state index contributed by atoms with van der Waals surface area (Å²) in [5.74, 6) is 0.600. The molecule has 0 saturated heterocycles. The first-order chi connectivity index (χ1) is 47.2. The SMILES string of the molecule is CC/C(=C(\C(=O)Nc1ccc(OCCN(C)C)cc1)c1ccc(O)c(F)c1)c1ccccc1.CC/C(=C(\C(=O)Nc1ccc(OCCN(C)C)cc1)c1ccc(O)cc1)c1ccccc1.CC/C(=C(\C(=O)Nc1ccc(OCCN(C)C)cc1)c1ccc(O)cc1C)c1ccccc1. The lowest BCUT2D eigenvalue weighted by Crippen LogP contribution is -2.19. The zero-order valence-corrected chi connectivity index (χ0v) is 57.7. The van der Waals surface area contributed by atoms with E-state index in [2.05, 4.69) is 25.8 Å². The number of carbonyl (C=O) groups excluding carboxylic acids is 3. The van der Waals surface area contributed by atoms with Crippen molar-refractivity contribution in [1.82, 2.24) is 14.7 Å². The number of phenolic OH excluding ortho intramolecular Hbond substituents is 3. The van der Waals surface area contributed by atoms with Crippen LogP contribution in [-0.4, -0.2) is 129 Å². The summed E-state index contributed by atoms with van der Waals surface area (Å²) in [7, 11) is 12.0. The molecule has 9 aromatic rings. The fraction of sp³-hybridized carbons (Fsp3) is 0.232. The maximum Gasteiger partial charge on any atom is 0.256 e. The number of halogens is 1. The van der Waals surface area contributed by atoms with Gasteiger partial charge in [-0.05, 0) is 233 Å². The molecule has 0 bridgehead atoms. The number of aromatic hydroxyl groups is 3. The Morgan fingerprint density at radius 3 is 1.04 bits per heavy atom. The highest BCUT2D eigenvalue weighted by atomic mass is 19.1. The second-order valence-corrected chi connectivity index (χ2v) is 23.8. The molecule has 0 unspecified atom stereocenters. The fourth-order valence-corrected chi connectivity index (χ4v) is 10.5. The van der Waals surface area contributed by atoms with Crippen molar-refractivity contribution in [3.8, 4) is 34.5 Å². The van der Waals surface area contributed by atoms with Gasteiger partial charge in [-0.3, -0.25) is 14.4 Å². The summed E-state index contributed by atoms with van der Waals surface area (Å²) in [6, 6.07) is 67.1. The Balaban J connectivity index is 0.000000207. The minimum Gasteiger partial charge on any atom is -0.508 e. The first kappa shape index (κ1) is 74.6. The molecule has 0 aromatic heterocycles. The fourth-order valence-electron chi connectivity index (χ4n) is 10.5. The van der Waals surface area contributed by atoms with Crippen LogP contribution in [0.15, 0.2) is 224 Å². The summed E-state index contributed by atoms with van der Waals surface area (Å²) in [4.78, 5) is 46.6. The quantitative estimate of drug-likeness (QED) is 0.0212. The second kappa shape index (κ2) is 38.1. The molecule has 0 atom stereocenters. The average molecular weight is 1320 g/mol. The molecule has 0 radical (unpaired) electrons. The zero-order valence-electron chi connectivity index (χ0n) is 57.7. The van der Waals surface area contributed by atoms with Gasteiger partial charge in [0.05, 0.1) is 16.7 Å². The van der Waals surface area contributed by atoms with E-state index in [0.29, 0.717) is 84.2 Å². The lowest BCUT2D eigenvalue weighted by molar-refractivity contribution is -0.111. The minimum atomic E-state index is -0.777. The van der Waals surface area contributed by atoms with E-state index >= 15 is 0 Å². The summed E-state index contributed by atoms with van der Waals surface area (Å²) in [5.41, 5.74) is 11.9. The summed E-state index contributed by atoms with van der Waals surface area (Å²) in [6.45, 7) is 12.2. The van der Waals surface area contributed by atoms with Gasteiger partial charge in [0.2, 0.25) is 0 Å². The molecule has 0 spiro atoms. The van der Waals surface area contributed by atoms with Gasteiger partial charge in [0, 0.05) is 36.7 Å². The van der Waals surface area contributed by atoms with Gasteiger partial charge in [-0.25, -0.2) is 4.39 Å². The predicted molar refractivity (Wildman–Crippen MR) is 397 cm³/mol. The van der Waals surface area contributed by atoms with E-state index in [-0.39, 0.29) is 29.2 Å². The maximum atomic E-state index is 14.2. The summed E-state index contributed by atoms with van der Waals surface area (Å²) in [6.07, 6.45) is 1.94. The molecule has 0 saturated carbocycles. The monoisotopic (exact) mass is 1320 g/mol. The Hall–Kier alpha value is -10.8. The number of anilines is 3. The molecule has 16 heteroatoms. The molecule has 9 aromatic carbocycles. The molecule has 0 fully saturated rings. The molecule has 0 aliphatic rings. The predicted octanol–water partition coefficient (Wildman–Crippen LogP) is 16.3. The van der Waals surface area contributed by atoms with Gasteiger partial charge in [0.25, 0.3) is 17.7 Å². The van der Waals surface area contributed by atoms with Crippen molar-refractivity contribution in [2.45, 2.75) is 47.0 Å². The van der Waals surface area contributed by atoms with Gasteiger partial charge in [-0.15, -0.1) is 0 Å². The zero-order chi connectivity index (χ0) is 70.5. The largest absolute Gasteiger partial charge is 0.508 e. The van der Waals surface area contributed by atoms with Crippen LogP contribution in [0.1, 0.15) is 79.0 Å². The minimum absolute atomic E-state index is 0.163. The van der Waals surface area contributed by atoms with Crippen LogP contribution in [0.4, 0.5) is 21.5 Å². The Bertz CT molecular complexity index is 4100. The summed E-state index contributed by atoms with van der Waals surface area (Å²) < 4.78 is 31.4. The number of amides is 3. The van der Waals surface area contributed by atoms with Gasteiger partial charge in [-0.2, -0.15) is 0 Å². The molecule has 98 heavy (non-hydrogen) atoms. The third-order valence-corrected chi connectivity index (χ3v) is 15.6. The van der Waals surface area contributed by atoms with Crippen molar-refractivity contribution in [3.63, 3.8) is 0 Å². The maximum absolute atomic E-state index is 14.2. The van der Waals surface area contributed by atoms with Crippen molar-refractivity contribution in [2.75, 3.05) is 97.7 Å².